The molecule has 0 atom stereocenters. The molecule has 0 saturated heterocycles. The number of carbonyl (C=O) groups excluding carboxylic acids is 2. The molecule has 1 heterocycles. The van der Waals surface area contributed by atoms with Crippen molar-refractivity contribution in [3.05, 3.63) is 77.1 Å². The van der Waals surface area contributed by atoms with Crippen molar-refractivity contribution in [1.82, 2.24) is 20.1 Å². The number of hydrogen-bond acceptors (Lipinski definition) is 5. The second-order valence-electron chi connectivity index (χ2n) is 5.74. The molecule has 8 heteroatoms. The van der Waals surface area contributed by atoms with Crippen molar-refractivity contribution in [3.8, 4) is 5.69 Å². The van der Waals surface area contributed by atoms with Crippen LogP contribution in [0.15, 0.2) is 48.5 Å². The summed E-state index contributed by atoms with van der Waals surface area (Å²) >= 11 is 0. The molecule has 1 aromatic heterocycles. The Kier molecular flexibility index (Phi) is 5.25. The molecule has 1 N–H and O–H groups in total. The van der Waals surface area contributed by atoms with Crippen LogP contribution in [0, 0.1) is 12.7 Å². The average molecular weight is 368 g/mol. The zero-order valence-electron chi connectivity index (χ0n) is 14.8. The third-order valence-electron chi connectivity index (χ3n) is 3.87. The molecule has 0 unspecified atom stereocenters. The fourth-order valence-electron chi connectivity index (χ4n) is 2.45. The first-order chi connectivity index (χ1) is 13.0. The van der Waals surface area contributed by atoms with Gasteiger partial charge in [-0.3, -0.25) is 4.79 Å². The van der Waals surface area contributed by atoms with Crippen molar-refractivity contribution in [1.29, 1.82) is 0 Å². The van der Waals surface area contributed by atoms with Gasteiger partial charge in [-0.05, 0) is 48.9 Å². The van der Waals surface area contributed by atoms with E-state index in [1.165, 1.54) is 23.9 Å². The van der Waals surface area contributed by atoms with Crippen molar-refractivity contribution < 1.29 is 18.7 Å². The van der Waals surface area contributed by atoms with Crippen LogP contribution in [0.4, 0.5) is 4.39 Å². The molecule has 0 saturated carbocycles. The van der Waals surface area contributed by atoms with Crippen molar-refractivity contribution in [2.75, 3.05) is 7.11 Å². The first-order valence-electron chi connectivity index (χ1n) is 8.13. The molecule has 138 valence electrons. The summed E-state index contributed by atoms with van der Waals surface area (Å²) in [5, 5.41) is 6.91. The largest absolute Gasteiger partial charge is 0.465 e. The van der Waals surface area contributed by atoms with E-state index < -0.39 is 11.9 Å². The number of rotatable bonds is 5. The summed E-state index contributed by atoms with van der Waals surface area (Å²) in [6.07, 6.45) is 0. The van der Waals surface area contributed by atoms with Crippen LogP contribution in [0.1, 0.15) is 32.4 Å². The molecule has 0 aliphatic rings. The van der Waals surface area contributed by atoms with E-state index in [1.807, 2.05) is 0 Å². The minimum atomic E-state index is -0.434. The van der Waals surface area contributed by atoms with Crippen LogP contribution in [0.2, 0.25) is 0 Å². The first kappa shape index (κ1) is 18.2. The van der Waals surface area contributed by atoms with E-state index in [1.54, 1.807) is 43.3 Å². The second-order valence-corrected chi connectivity index (χ2v) is 5.74. The number of esters is 1. The molecule has 27 heavy (non-hydrogen) atoms. The highest BCUT2D eigenvalue weighted by Crippen LogP contribution is 2.11. The van der Waals surface area contributed by atoms with Crippen LogP contribution in [0.5, 0.6) is 0 Å². The summed E-state index contributed by atoms with van der Waals surface area (Å²) in [5.41, 5.74) is 1.85. The molecule has 0 spiro atoms. The molecule has 7 nitrogen and oxygen atoms in total. The number of ether oxygens (including phenoxy) is 1. The smallest absolute Gasteiger partial charge is 0.337 e. The lowest BCUT2D eigenvalue weighted by Crippen LogP contribution is -2.24. The van der Waals surface area contributed by atoms with Crippen molar-refractivity contribution in [2.24, 2.45) is 0 Å². The SMILES string of the molecule is COC(=O)c1ccc(CNC(=O)c2nc(C)n(-c3ccc(F)cc3)n2)cc1. The predicted molar refractivity (Wildman–Crippen MR) is 95.0 cm³/mol. The van der Waals surface area contributed by atoms with E-state index in [2.05, 4.69) is 20.1 Å². The number of nitrogens with one attached hydrogen (secondary N) is 1. The van der Waals surface area contributed by atoms with E-state index >= 15 is 0 Å². The summed E-state index contributed by atoms with van der Waals surface area (Å²) in [6, 6.07) is 12.4. The molecule has 0 bridgehead atoms. The minimum absolute atomic E-state index is 0.0167. The molecule has 1 amide bonds. The lowest BCUT2D eigenvalue weighted by molar-refractivity contribution is 0.0600. The van der Waals surface area contributed by atoms with Gasteiger partial charge in [0.05, 0.1) is 18.4 Å². The van der Waals surface area contributed by atoms with Crippen LogP contribution >= 0.6 is 0 Å². The Bertz CT molecular complexity index is 966. The van der Waals surface area contributed by atoms with E-state index in [-0.39, 0.29) is 18.2 Å². The Labute approximate surface area is 154 Å². The van der Waals surface area contributed by atoms with Crippen LogP contribution in [0.25, 0.3) is 5.69 Å². The zero-order valence-corrected chi connectivity index (χ0v) is 14.8. The quantitative estimate of drug-likeness (QED) is 0.699. The Morgan fingerprint density at radius 2 is 1.78 bits per heavy atom. The van der Waals surface area contributed by atoms with Crippen LogP contribution in [-0.4, -0.2) is 33.8 Å². The first-order valence-corrected chi connectivity index (χ1v) is 8.13. The summed E-state index contributed by atoms with van der Waals surface area (Å²) in [5.74, 6) is -0.683. The highest BCUT2D eigenvalue weighted by atomic mass is 19.1. The van der Waals surface area contributed by atoms with Gasteiger partial charge in [0.15, 0.2) is 0 Å². The van der Waals surface area contributed by atoms with Gasteiger partial charge in [-0.1, -0.05) is 12.1 Å². The van der Waals surface area contributed by atoms with E-state index in [4.69, 9.17) is 0 Å². The maximum Gasteiger partial charge on any atom is 0.337 e. The van der Waals surface area contributed by atoms with Crippen LogP contribution < -0.4 is 5.32 Å². The topological polar surface area (TPSA) is 86.1 Å². The van der Waals surface area contributed by atoms with Gasteiger partial charge in [0.1, 0.15) is 11.6 Å². The van der Waals surface area contributed by atoms with Crippen molar-refractivity contribution in [2.45, 2.75) is 13.5 Å². The number of methoxy groups -OCH3 is 1. The number of halogens is 1. The number of nitrogens with zero attached hydrogens (tertiary/aromatic N) is 3. The number of aromatic nitrogens is 3. The third kappa shape index (κ3) is 4.17. The maximum atomic E-state index is 13.1. The normalized spacial score (nSPS) is 10.5. The zero-order chi connectivity index (χ0) is 19.4. The summed E-state index contributed by atoms with van der Waals surface area (Å²) < 4.78 is 19.2. The van der Waals surface area contributed by atoms with Gasteiger partial charge < -0.3 is 10.1 Å². The Morgan fingerprint density at radius 1 is 1.11 bits per heavy atom. The molecule has 0 radical (unpaired) electrons. The van der Waals surface area contributed by atoms with Crippen molar-refractivity contribution in [3.63, 3.8) is 0 Å². The molecule has 0 aliphatic carbocycles. The Balaban J connectivity index is 1.67. The predicted octanol–water partition coefficient (Wildman–Crippen LogP) is 2.43. The van der Waals surface area contributed by atoms with Crippen LogP contribution in [-0.2, 0) is 11.3 Å². The third-order valence-corrected chi connectivity index (χ3v) is 3.87. The Hall–Kier alpha value is -3.55. The lowest BCUT2D eigenvalue weighted by atomic mass is 10.1. The van der Waals surface area contributed by atoms with E-state index in [0.29, 0.717) is 17.1 Å². The van der Waals surface area contributed by atoms with Crippen LogP contribution in [0.3, 0.4) is 0 Å². The summed E-state index contributed by atoms with van der Waals surface area (Å²) in [4.78, 5) is 27.9. The Morgan fingerprint density at radius 3 is 2.41 bits per heavy atom. The van der Waals surface area contributed by atoms with Gasteiger partial charge >= 0.3 is 5.97 Å². The maximum absolute atomic E-state index is 13.1. The van der Waals surface area contributed by atoms with Gasteiger partial charge in [-0.2, -0.15) is 0 Å². The molecule has 0 aliphatic heterocycles. The number of carbonyl (C=O) groups is 2. The van der Waals surface area contributed by atoms with Gasteiger partial charge in [-0.25, -0.2) is 18.9 Å². The molecule has 2 aromatic carbocycles. The number of hydrogen-bond donors (Lipinski definition) is 1. The molecule has 3 rings (SSSR count). The molecule has 0 fully saturated rings. The minimum Gasteiger partial charge on any atom is -0.465 e. The lowest BCUT2D eigenvalue weighted by Gasteiger charge is -2.04. The number of aryl methyl sites for hydroxylation is 1. The molecular weight excluding hydrogens is 351 g/mol. The standard InChI is InChI=1S/C19H17FN4O3/c1-12-22-17(23-24(12)16-9-7-15(20)8-10-16)18(25)21-11-13-3-5-14(6-4-13)19(26)27-2/h3-10H,11H2,1-2H3,(H,21,25). The fourth-order valence-corrected chi connectivity index (χ4v) is 2.45. The molecular formula is C19H17FN4O3. The monoisotopic (exact) mass is 368 g/mol. The van der Waals surface area contributed by atoms with Crippen molar-refractivity contribution >= 4 is 11.9 Å². The van der Waals surface area contributed by atoms with Gasteiger partial charge in [0, 0.05) is 6.54 Å². The summed E-state index contributed by atoms with van der Waals surface area (Å²) in [6.45, 7) is 1.96. The number of benzene rings is 2. The van der Waals surface area contributed by atoms with E-state index in [9.17, 15) is 14.0 Å². The highest BCUT2D eigenvalue weighted by molar-refractivity contribution is 5.90. The fraction of sp³-hybridized carbons (Fsp3) is 0.158. The van der Waals surface area contributed by atoms with Gasteiger partial charge in [0.2, 0.25) is 5.82 Å². The average Bonchev–Trinajstić information content (AvgIpc) is 3.08. The summed E-state index contributed by atoms with van der Waals surface area (Å²) in [7, 11) is 1.32. The highest BCUT2D eigenvalue weighted by Gasteiger charge is 2.15. The number of amides is 1. The second kappa shape index (κ2) is 7.77. The molecule has 3 aromatic rings. The van der Waals surface area contributed by atoms with Gasteiger partial charge in [-0.15, -0.1) is 5.10 Å². The van der Waals surface area contributed by atoms with E-state index in [0.717, 1.165) is 5.56 Å². The van der Waals surface area contributed by atoms with Gasteiger partial charge in [0.25, 0.3) is 5.91 Å².